The van der Waals surface area contributed by atoms with Crippen molar-refractivity contribution in [1.29, 1.82) is 0 Å². The first-order valence-electron chi connectivity index (χ1n) is 7.89. The first-order valence-corrected chi connectivity index (χ1v) is 10.2. The highest BCUT2D eigenvalue weighted by Crippen LogP contribution is 2.20. The molecule has 0 unspecified atom stereocenters. The molecule has 2 rings (SSSR count). The summed E-state index contributed by atoms with van der Waals surface area (Å²) in [5.74, 6) is 1.40. The van der Waals surface area contributed by atoms with Gasteiger partial charge in [-0.1, -0.05) is 0 Å². The predicted octanol–water partition coefficient (Wildman–Crippen LogP) is 2.42. The standard InChI is InChI=1S/C16H27N3O2S/c1-4-21-16-6-5-15(17-12-16)13-19-9-7-14(8-10-19)11-18-22(2,3)20/h5-6,12,14H,4,7-11,13H2,1-3H3. The average Bonchev–Trinajstić information content (AvgIpc) is 2.48. The lowest BCUT2D eigenvalue weighted by molar-refractivity contribution is 0.179. The molecule has 0 saturated carbocycles. The molecule has 1 aromatic heterocycles. The second-order valence-corrected chi connectivity index (χ2v) is 8.75. The normalized spacial score (nSPS) is 17.4. The number of hydrogen-bond acceptors (Lipinski definition) is 5. The Labute approximate surface area is 134 Å². The number of pyridine rings is 1. The Bertz CT molecular complexity index is 564. The molecule has 0 bridgehead atoms. The van der Waals surface area contributed by atoms with E-state index in [-0.39, 0.29) is 0 Å². The van der Waals surface area contributed by atoms with Crippen LogP contribution in [0.15, 0.2) is 22.7 Å². The van der Waals surface area contributed by atoms with Crippen molar-refractivity contribution in [2.24, 2.45) is 10.3 Å². The van der Waals surface area contributed by atoms with Crippen LogP contribution in [0, 0.1) is 5.92 Å². The van der Waals surface area contributed by atoms with Crippen LogP contribution >= 0.6 is 0 Å². The maximum absolute atomic E-state index is 11.6. The molecule has 1 fully saturated rings. The number of piperidine rings is 1. The van der Waals surface area contributed by atoms with Crippen LogP contribution in [-0.2, 0) is 16.3 Å². The molecule has 0 radical (unpaired) electrons. The fourth-order valence-corrected chi connectivity index (χ4v) is 3.17. The molecule has 1 aliphatic heterocycles. The van der Waals surface area contributed by atoms with Crippen molar-refractivity contribution in [2.75, 3.05) is 38.8 Å². The summed E-state index contributed by atoms with van der Waals surface area (Å²) >= 11 is 0. The lowest BCUT2D eigenvalue weighted by atomic mass is 9.97. The van der Waals surface area contributed by atoms with Crippen LogP contribution in [0.4, 0.5) is 0 Å². The molecule has 0 N–H and O–H groups in total. The number of nitrogens with zero attached hydrogens (tertiary/aromatic N) is 3. The number of rotatable bonds is 6. The quantitative estimate of drug-likeness (QED) is 0.806. The third-order valence-corrected chi connectivity index (χ3v) is 4.62. The van der Waals surface area contributed by atoms with Crippen molar-refractivity contribution in [3.05, 3.63) is 24.0 Å². The smallest absolute Gasteiger partial charge is 0.137 e. The molecule has 1 aromatic rings. The van der Waals surface area contributed by atoms with Gasteiger partial charge in [-0.15, -0.1) is 0 Å². The van der Waals surface area contributed by atoms with Gasteiger partial charge in [-0.25, -0.2) is 4.36 Å². The molecule has 1 aliphatic rings. The highest BCUT2D eigenvalue weighted by Gasteiger charge is 2.19. The van der Waals surface area contributed by atoms with E-state index in [0.717, 1.165) is 50.5 Å². The van der Waals surface area contributed by atoms with Crippen molar-refractivity contribution >= 4 is 9.73 Å². The maximum Gasteiger partial charge on any atom is 0.137 e. The van der Waals surface area contributed by atoms with Crippen LogP contribution in [0.5, 0.6) is 5.75 Å². The van der Waals surface area contributed by atoms with Crippen molar-refractivity contribution < 1.29 is 8.95 Å². The third-order valence-electron chi connectivity index (χ3n) is 3.84. The molecule has 5 nitrogen and oxygen atoms in total. The van der Waals surface area contributed by atoms with Gasteiger partial charge in [0.15, 0.2) is 0 Å². The van der Waals surface area contributed by atoms with E-state index in [9.17, 15) is 4.21 Å². The van der Waals surface area contributed by atoms with E-state index in [0.29, 0.717) is 12.5 Å². The molecular weight excluding hydrogens is 298 g/mol. The molecule has 0 aliphatic carbocycles. The van der Waals surface area contributed by atoms with Crippen LogP contribution in [0.2, 0.25) is 0 Å². The van der Waals surface area contributed by atoms with E-state index in [1.54, 1.807) is 18.7 Å². The fraction of sp³-hybridized carbons (Fsp3) is 0.688. The highest BCUT2D eigenvalue weighted by atomic mass is 32.2. The lowest BCUT2D eigenvalue weighted by Crippen LogP contribution is -2.34. The number of hydrogen-bond donors (Lipinski definition) is 0. The minimum absolute atomic E-state index is 0.574. The molecule has 0 aromatic carbocycles. The van der Waals surface area contributed by atoms with Gasteiger partial charge in [0.1, 0.15) is 5.75 Å². The summed E-state index contributed by atoms with van der Waals surface area (Å²) in [6, 6.07) is 4.02. The Balaban J connectivity index is 1.78. The van der Waals surface area contributed by atoms with E-state index < -0.39 is 9.73 Å². The van der Waals surface area contributed by atoms with Crippen LogP contribution in [0.1, 0.15) is 25.5 Å². The Morgan fingerprint density at radius 3 is 2.64 bits per heavy atom. The van der Waals surface area contributed by atoms with Gasteiger partial charge in [-0.05, 0) is 50.9 Å². The first kappa shape index (κ1) is 17.2. The Morgan fingerprint density at radius 2 is 2.09 bits per heavy atom. The first-order chi connectivity index (χ1) is 10.5. The Hall–Kier alpha value is -1.14. The minimum atomic E-state index is -1.95. The number of aromatic nitrogens is 1. The van der Waals surface area contributed by atoms with Crippen molar-refractivity contribution in [1.82, 2.24) is 9.88 Å². The van der Waals surface area contributed by atoms with E-state index in [1.165, 1.54) is 0 Å². The topological polar surface area (TPSA) is 54.8 Å². The summed E-state index contributed by atoms with van der Waals surface area (Å²) in [5.41, 5.74) is 1.08. The Morgan fingerprint density at radius 1 is 1.36 bits per heavy atom. The minimum Gasteiger partial charge on any atom is -0.492 e. The predicted molar refractivity (Wildman–Crippen MR) is 90.7 cm³/mol. The number of ether oxygens (including phenoxy) is 1. The van der Waals surface area contributed by atoms with Gasteiger partial charge in [-0.2, -0.15) is 0 Å². The van der Waals surface area contributed by atoms with Crippen molar-refractivity contribution in [3.63, 3.8) is 0 Å². The summed E-state index contributed by atoms with van der Waals surface area (Å²) < 4.78 is 21.3. The Kier molecular flexibility index (Phi) is 6.20. The largest absolute Gasteiger partial charge is 0.492 e. The fourth-order valence-electron chi connectivity index (χ4n) is 2.60. The van der Waals surface area contributed by atoms with Gasteiger partial charge in [0.2, 0.25) is 0 Å². The van der Waals surface area contributed by atoms with Crippen molar-refractivity contribution in [3.8, 4) is 5.75 Å². The van der Waals surface area contributed by atoms with E-state index >= 15 is 0 Å². The van der Waals surface area contributed by atoms with Gasteiger partial charge in [0.25, 0.3) is 0 Å². The zero-order chi connectivity index (χ0) is 16.0. The third kappa shape index (κ3) is 5.93. The molecule has 0 spiro atoms. The second kappa shape index (κ2) is 7.92. The van der Waals surface area contributed by atoms with E-state index in [4.69, 9.17) is 4.74 Å². The maximum atomic E-state index is 11.6. The van der Waals surface area contributed by atoms with Crippen LogP contribution in [0.3, 0.4) is 0 Å². The zero-order valence-corrected chi connectivity index (χ0v) is 14.6. The highest BCUT2D eigenvalue weighted by molar-refractivity contribution is 7.92. The van der Waals surface area contributed by atoms with Crippen LogP contribution < -0.4 is 4.74 Å². The summed E-state index contributed by atoms with van der Waals surface area (Å²) in [4.78, 5) is 6.88. The second-order valence-electron chi connectivity index (χ2n) is 6.13. The summed E-state index contributed by atoms with van der Waals surface area (Å²) in [6.07, 6.45) is 7.45. The van der Waals surface area contributed by atoms with Gasteiger partial charge in [0, 0.05) is 28.8 Å². The van der Waals surface area contributed by atoms with Crippen LogP contribution in [0.25, 0.3) is 0 Å². The summed E-state index contributed by atoms with van der Waals surface area (Å²) in [6.45, 7) is 6.38. The molecule has 1 saturated heterocycles. The van der Waals surface area contributed by atoms with E-state index in [1.807, 2.05) is 19.1 Å². The zero-order valence-electron chi connectivity index (χ0n) is 13.8. The van der Waals surface area contributed by atoms with Gasteiger partial charge < -0.3 is 4.74 Å². The molecule has 22 heavy (non-hydrogen) atoms. The number of likely N-dealkylation sites (tertiary alicyclic amines) is 1. The van der Waals surface area contributed by atoms with Gasteiger partial charge in [0.05, 0.1) is 25.0 Å². The van der Waals surface area contributed by atoms with Gasteiger partial charge >= 0.3 is 0 Å². The summed E-state index contributed by atoms with van der Waals surface area (Å²) in [5, 5.41) is 0. The molecule has 0 amide bonds. The molecule has 6 heteroatoms. The average molecular weight is 325 g/mol. The van der Waals surface area contributed by atoms with Gasteiger partial charge in [-0.3, -0.25) is 14.1 Å². The van der Waals surface area contributed by atoms with E-state index in [2.05, 4.69) is 14.2 Å². The molecule has 124 valence electrons. The molecular formula is C16H27N3O2S. The monoisotopic (exact) mass is 325 g/mol. The van der Waals surface area contributed by atoms with Crippen molar-refractivity contribution in [2.45, 2.75) is 26.3 Å². The molecule has 2 heterocycles. The molecule has 0 atom stereocenters. The van der Waals surface area contributed by atoms with Crippen LogP contribution in [-0.4, -0.2) is 52.8 Å². The lowest BCUT2D eigenvalue weighted by Gasteiger charge is -2.31. The summed E-state index contributed by atoms with van der Waals surface area (Å²) in [7, 11) is -1.95. The SMILES string of the molecule is CCOc1ccc(CN2CCC(CN=S(C)(C)=O)CC2)nc1.